The van der Waals surface area contributed by atoms with Gasteiger partial charge >= 0.3 is 6.18 Å². The Kier molecular flexibility index (Phi) is 6.74. The number of morpholine rings is 1. The van der Waals surface area contributed by atoms with E-state index in [9.17, 15) is 27.2 Å². The summed E-state index contributed by atoms with van der Waals surface area (Å²) in [5, 5.41) is 2.60. The van der Waals surface area contributed by atoms with E-state index in [4.69, 9.17) is 4.74 Å². The lowest BCUT2D eigenvalue weighted by Crippen LogP contribution is -2.48. The first kappa shape index (κ1) is 25.5. The number of fused-ring (bicyclic) bond motifs is 1. The molecule has 2 aromatic heterocycles. The fraction of sp³-hybridized carbons (Fsp3) is 0.417. The molecule has 8 nitrogen and oxygen atoms in total. The molecule has 4 rings (SSSR count). The molecule has 1 aromatic carbocycles. The molecule has 1 aliphatic rings. The van der Waals surface area contributed by atoms with E-state index in [0.717, 1.165) is 18.2 Å². The fourth-order valence-corrected chi connectivity index (χ4v) is 4.39. The van der Waals surface area contributed by atoms with Crippen LogP contribution >= 0.6 is 0 Å². The van der Waals surface area contributed by atoms with Crippen LogP contribution in [0.5, 0.6) is 0 Å². The van der Waals surface area contributed by atoms with Crippen LogP contribution in [0.2, 0.25) is 0 Å². The number of ether oxygens (including phenoxy) is 1. The van der Waals surface area contributed by atoms with Crippen molar-refractivity contribution in [2.24, 2.45) is 0 Å². The number of pyridine rings is 1. The number of carbonyl (C=O) groups is 1. The van der Waals surface area contributed by atoms with Gasteiger partial charge < -0.3 is 19.9 Å². The van der Waals surface area contributed by atoms with Crippen molar-refractivity contribution in [2.45, 2.75) is 52.1 Å². The Morgan fingerprint density at radius 1 is 1.22 bits per heavy atom. The Balaban J connectivity index is 1.63. The molecular formula is C24H25F4N5O3. The van der Waals surface area contributed by atoms with E-state index in [2.05, 4.69) is 20.3 Å². The third-order valence-electron chi connectivity index (χ3n) is 5.92. The number of amides is 1. The van der Waals surface area contributed by atoms with Gasteiger partial charge in [-0.25, -0.2) is 14.4 Å². The molecule has 0 saturated carbocycles. The van der Waals surface area contributed by atoms with Crippen LogP contribution in [0, 0.1) is 12.7 Å². The van der Waals surface area contributed by atoms with Gasteiger partial charge in [-0.05, 0) is 51.5 Å². The molecule has 1 amide bonds. The maximum absolute atomic E-state index is 14.9. The van der Waals surface area contributed by atoms with Gasteiger partial charge in [-0.15, -0.1) is 0 Å². The van der Waals surface area contributed by atoms with Crippen LogP contribution in [0.1, 0.15) is 54.1 Å². The van der Waals surface area contributed by atoms with Crippen LogP contribution in [0.4, 0.5) is 23.4 Å². The van der Waals surface area contributed by atoms with E-state index in [1.54, 1.807) is 4.90 Å². The predicted molar refractivity (Wildman–Crippen MR) is 124 cm³/mol. The largest absolute Gasteiger partial charge is 0.416 e. The maximum Gasteiger partial charge on any atom is 0.416 e. The molecule has 0 spiro atoms. The second-order valence-electron chi connectivity index (χ2n) is 8.99. The van der Waals surface area contributed by atoms with Crippen molar-refractivity contribution >= 4 is 22.6 Å². The molecule has 0 aliphatic carbocycles. The zero-order valence-corrected chi connectivity index (χ0v) is 20.0. The first-order valence-electron chi connectivity index (χ1n) is 11.3. The highest BCUT2D eigenvalue weighted by Gasteiger charge is 2.36. The SMILES string of the molecule is Cc1nc2cc(C(F)(F)F)c([C@H](C)Nc3ncc(C(=O)N4C[C@@H](C)O[C@@H](C)C4)cc3F)cc2c(=O)[nH]1. The average molecular weight is 507 g/mol. The van der Waals surface area contributed by atoms with E-state index >= 15 is 0 Å². The molecule has 3 atom stereocenters. The lowest BCUT2D eigenvalue weighted by atomic mass is 9.98. The molecule has 2 N–H and O–H groups in total. The number of halogens is 4. The van der Waals surface area contributed by atoms with Gasteiger partial charge in [-0.1, -0.05) is 0 Å². The summed E-state index contributed by atoms with van der Waals surface area (Å²) in [6.07, 6.45) is -3.91. The maximum atomic E-state index is 14.9. The minimum absolute atomic E-state index is 0.0154. The summed E-state index contributed by atoms with van der Waals surface area (Å²) in [5.74, 6) is -1.46. The standard InChI is InChI=1S/C24H25F4N5O3/c1-11-9-33(10-12(2)36-11)23(35)15-5-19(25)21(29-8-15)30-13(3)16-6-17-20(7-18(16)24(26,27)28)31-14(4)32-22(17)34/h5-8,11-13H,9-10H2,1-4H3,(H,29,30)(H,31,32,34)/t11-,12+,13-/m0/s1. The Morgan fingerprint density at radius 2 is 1.89 bits per heavy atom. The minimum Gasteiger partial charge on any atom is -0.372 e. The van der Waals surface area contributed by atoms with Gasteiger partial charge in [0.1, 0.15) is 5.82 Å². The van der Waals surface area contributed by atoms with Gasteiger partial charge in [0.25, 0.3) is 11.5 Å². The van der Waals surface area contributed by atoms with E-state index in [0.29, 0.717) is 13.1 Å². The van der Waals surface area contributed by atoms with Crippen molar-refractivity contribution in [2.75, 3.05) is 18.4 Å². The highest BCUT2D eigenvalue weighted by molar-refractivity contribution is 5.94. The number of aromatic nitrogens is 3. The molecule has 0 radical (unpaired) electrons. The quantitative estimate of drug-likeness (QED) is 0.514. The number of nitrogens with one attached hydrogen (secondary N) is 2. The van der Waals surface area contributed by atoms with Crippen molar-refractivity contribution in [3.63, 3.8) is 0 Å². The number of benzene rings is 1. The third-order valence-corrected chi connectivity index (χ3v) is 5.92. The number of alkyl halides is 3. The smallest absolute Gasteiger partial charge is 0.372 e. The topological polar surface area (TPSA) is 100 Å². The van der Waals surface area contributed by atoms with E-state index < -0.39 is 35.1 Å². The van der Waals surface area contributed by atoms with Crippen molar-refractivity contribution in [1.29, 1.82) is 0 Å². The Hall–Kier alpha value is -3.54. The summed E-state index contributed by atoms with van der Waals surface area (Å²) in [5.41, 5.74) is -1.95. The van der Waals surface area contributed by atoms with E-state index in [1.807, 2.05) is 13.8 Å². The van der Waals surface area contributed by atoms with Gasteiger partial charge in [0.05, 0.1) is 40.3 Å². The summed E-state index contributed by atoms with van der Waals surface area (Å²) in [6.45, 7) is 7.21. The Morgan fingerprint density at radius 3 is 2.50 bits per heavy atom. The van der Waals surface area contributed by atoms with Gasteiger partial charge in [-0.2, -0.15) is 13.2 Å². The van der Waals surface area contributed by atoms with Gasteiger partial charge in [0, 0.05) is 19.3 Å². The molecule has 0 unspecified atom stereocenters. The average Bonchev–Trinajstić information content (AvgIpc) is 2.77. The summed E-state index contributed by atoms with van der Waals surface area (Å²) in [6, 6.07) is 1.81. The number of hydrogen-bond donors (Lipinski definition) is 2. The number of rotatable bonds is 4. The lowest BCUT2D eigenvalue weighted by molar-refractivity contribution is -0.138. The second kappa shape index (κ2) is 9.49. The van der Waals surface area contributed by atoms with Crippen LogP contribution in [-0.2, 0) is 10.9 Å². The molecule has 0 bridgehead atoms. The van der Waals surface area contributed by atoms with Crippen molar-refractivity contribution in [3.8, 4) is 0 Å². The van der Waals surface area contributed by atoms with E-state index in [-0.39, 0.29) is 45.9 Å². The molecule has 1 fully saturated rings. The van der Waals surface area contributed by atoms with Gasteiger partial charge in [0.15, 0.2) is 11.6 Å². The normalized spacial score (nSPS) is 19.4. The predicted octanol–water partition coefficient (Wildman–Crippen LogP) is 4.21. The Bertz CT molecular complexity index is 1360. The van der Waals surface area contributed by atoms with Crippen molar-refractivity contribution in [1.82, 2.24) is 19.9 Å². The monoisotopic (exact) mass is 507 g/mol. The summed E-state index contributed by atoms with van der Waals surface area (Å²) < 4.78 is 62.0. The number of H-pyrrole nitrogens is 1. The molecule has 1 saturated heterocycles. The highest BCUT2D eigenvalue weighted by atomic mass is 19.4. The number of anilines is 1. The number of nitrogens with zero attached hydrogens (tertiary/aromatic N) is 3. The Labute approximate surface area is 203 Å². The van der Waals surface area contributed by atoms with Crippen LogP contribution in [0.25, 0.3) is 10.9 Å². The highest BCUT2D eigenvalue weighted by Crippen LogP contribution is 2.37. The molecule has 3 aromatic rings. The molecular weight excluding hydrogens is 482 g/mol. The fourth-order valence-electron chi connectivity index (χ4n) is 4.39. The third kappa shape index (κ3) is 5.18. The zero-order chi connectivity index (χ0) is 26.4. The number of hydrogen-bond acceptors (Lipinski definition) is 6. The van der Waals surface area contributed by atoms with Crippen LogP contribution in [-0.4, -0.2) is 51.1 Å². The molecule has 36 heavy (non-hydrogen) atoms. The number of aromatic amines is 1. The van der Waals surface area contributed by atoms with Crippen LogP contribution in [0.15, 0.2) is 29.2 Å². The molecule has 1 aliphatic heterocycles. The minimum atomic E-state index is -4.74. The van der Waals surface area contributed by atoms with Gasteiger partial charge in [-0.3, -0.25) is 9.59 Å². The second-order valence-corrected chi connectivity index (χ2v) is 8.99. The van der Waals surface area contributed by atoms with E-state index in [1.165, 1.54) is 20.0 Å². The lowest BCUT2D eigenvalue weighted by Gasteiger charge is -2.35. The van der Waals surface area contributed by atoms with Crippen LogP contribution in [0.3, 0.4) is 0 Å². The summed E-state index contributed by atoms with van der Waals surface area (Å²) in [7, 11) is 0. The molecule has 3 heterocycles. The molecule has 12 heteroatoms. The van der Waals surface area contributed by atoms with Gasteiger partial charge in [0.2, 0.25) is 0 Å². The van der Waals surface area contributed by atoms with Crippen molar-refractivity contribution in [3.05, 3.63) is 63.1 Å². The zero-order valence-electron chi connectivity index (χ0n) is 20.0. The van der Waals surface area contributed by atoms with Crippen molar-refractivity contribution < 1.29 is 27.1 Å². The first-order valence-corrected chi connectivity index (χ1v) is 11.3. The number of aryl methyl sites for hydroxylation is 1. The van der Waals surface area contributed by atoms with Crippen LogP contribution < -0.4 is 10.9 Å². The summed E-state index contributed by atoms with van der Waals surface area (Å²) >= 11 is 0. The first-order chi connectivity index (χ1) is 16.8. The summed E-state index contributed by atoms with van der Waals surface area (Å²) in [4.78, 5) is 37.1. The molecule has 192 valence electrons. The number of carbonyl (C=O) groups excluding carboxylic acids is 1.